The lowest BCUT2D eigenvalue weighted by Crippen LogP contribution is -2.24. The van der Waals surface area contributed by atoms with E-state index in [9.17, 15) is 23.1 Å². The van der Waals surface area contributed by atoms with Crippen LogP contribution in [0, 0.1) is 0 Å². The SMILES string of the molecule is CCNc1cc(C(=O)NCc2ncc(C(O)Nc3cc(C(F)(F)F)c(Cl)cn3)s2)ncn1. The molecule has 3 aromatic rings. The van der Waals surface area contributed by atoms with Crippen LogP contribution in [0.1, 0.15) is 39.1 Å². The summed E-state index contributed by atoms with van der Waals surface area (Å²) in [4.78, 5) is 28.3. The summed E-state index contributed by atoms with van der Waals surface area (Å²) in [5.74, 6) is -0.132. The van der Waals surface area contributed by atoms with Crippen LogP contribution >= 0.6 is 22.9 Å². The van der Waals surface area contributed by atoms with Crippen molar-refractivity contribution in [2.75, 3.05) is 17.2 Å². The Kier molecular flexibility index (Phi) is 7.43. The molecule has 0 aromatic carbocycles. The van der Waals surface area contributed by atoms with Crippen LogP contribution in [-0.4, -0.2) is 37.5 Å². The van der Waals surface area contributed by atoms with Crippen LogP contribution in [0.5, 0.6) is 0 Å². The predicted octanol–water partition coefficient (Wildman–Crippen LogP) is 3.47. The number of carbonyl (C=O) groups is 1. The van der Waals surface area contributed by atoms with Crippen molar-refractivity contribution >= 4 is 40.5 Å². The largest absolute Gasteiger partial charge is 0.418 e. The molecule has 3 heterocycles. The molecule has 1 atom stereocenters. The van der Waals surface area contributed by atoms with Crippen LogP contribution in [0.25, 0.3) is 0 Å². The fourth-order valence-electron chi connectivity index (χ4n) is 2.48. The lowest BCUT2D eigenvalue weighted by molar-refractivity contribution is -0.137. The van der Waals surface area contributed by atoms with Crippen LogP contribution < -0.4 is 16.0 Å². The smallest absolute Gasteiger partial charge is 0.370 e. The van der Waals surface area contributed by atoms with E-state index in [2.05, 4.69) is 35.9 Å². The van der Waals surface area contributed by atoms with E-state index in [0.29, 0.717) is 28.3 Å². The highest BCUT2D eigenvalue weighted by Gasteiger charge is 2.34. The summed E-state index contributed by atoms with van der Waals surface area (Å²) in [6.07, 6.45) is -2.56. The summed E-state index contributed by atoms with van der Waals surface area (Å²) in [6, 6.07) is 2.21. The molecule has 0 radical (unpaired) electrons. The molecule has 0 aliphatic carbocycles. The maximum atomic E-state index is 13.0. The molecule has 0 saturated carbocycles. The van der Waals surface area contributed by atoms with Gasteiger partial charge in [0.05, 0.1) is 22.0 Å². The topological polar surface area (TPSA) is 125 Å². The minimum Gasteiger partial charge on any atom is -0.370 e. The molecule has 0 fully saturated rings. The van der Waals surface area contributed by atoms with Gasteiger partial charge in [-0.25, -0.2) is 19.9 Å². The number of carbonyl (C=O) groups excluding carboxylic acids is 1. The van der Waals surface area contributed by atoms with Crippen molar-refractivity contribution in [1.82, 2.24) is 25.3 Å². The number of alkyl halides is 3. The second-order valence-corrected chi connectivity index (χ2v) is 7.81. The van der Waals surface area contributed by atoms with Gasteiger partial charge in [0.2, 0.25) is 0 Å². The molecule has 0 saturated heterocycles. The van der Waals surface area contributed by atoms with E-state index < -0.39 is 28.9 Å². The van der Waals surface area contributed by atoms with Gasteiger partial charge >= 0.3 is 6.18 Å². The van der Waals surface area contributed by atoms with E-state index in [1.54, 1.807) is 0 Å². The van der Waals surface area contributed by atoms with Crippen molar-refractivity contribution in [2.24, 2.45) is 0 Å². The zero-order valence-corrected chi connectivity index (χ0v) is 18.0. The summed E-state index contributed by atoms with van der Waals surface area (Å²) in [5, 5.41) is 18.3. The van der Waals surface area contributed by atoms with E-state index in [1.807, 2.05) is 6.92 Å². The summed E-state index contributed by atoms with van der Waals surface area (Å²) in [5.41, 5.74) is -0.901. The third-order valence-electron chi connectivity index (χ3n) is 3.94. The van der Waals surface area contributed by atoms with Gasteiger partial charge in [0.1, 0.15) is 28.7 Å². The van der Waals surface area contributed by atoms with E-state index in [1.165, 1.54) is 18.6 Å². The summed E-state index contributed by atoms with van der Waals surface area (Å²) < 4.78 is 38.9. The second kappa shape index (κ2) is 10.1. The van der Waals surface area contributed by atoms with E-state index in [0.717, 1.165) is 17.5 Å². The Morgan fingerprint density at radius 3 is 2.69 bits per heavy atom. The summed E-state index contributed by atoms with van der Waals surface area (Å²) in [7, 11) is 0. The molecule has 1 unspecified atom stereocenters. The molecule has 32 heavy (non-hydrogen) atoms. The lowest BCUT2D eigenvalue weighted by atomic mass is 10.2. The standard InChI is InChI=1S/C18H17ClF3N7O2S/c1-2-23-13-4-11(27-8-28-13)16(30)26-7-15-25-6-12(32-15)17(31)29-14-3-9(18(20,21)22)10(19)5-24-14/h3-6,8,17,31H,2,7H2,1H3,(H,24,29)(H,26,30)(H,23,27,28). The molecule has 170 valence electrons. The molecule has 4 N–H and O–H groups in total. The van der Waals surface area contributed by atoms with Gasteiger partial charge in [-0.2, -0.15) is 13.2 Å². The van der Waals surface area contributed by atoms with E-state index >= 15 is 0 Å². The molecule has 0 aliphatic heterocycles. The first-order valence-corrected chi connectivity index (χ1v) is 10.3. The van der Waals surface area contributed by atoms with Crippen LogP contribution in [0.15, 0.2) is 30.9 Å². The maximum Gasteiger partial charge on any atom is 0.418 e. The molecule has 9 nitrogen and oxygen atoms in total. The minimum atomic E-state index is -4.66. The van der Waals surface area contributed by atoms with Crippen molar-refractivity contribution in [3.63, 3.8) is 0 Å². The Labute approximate surface area is 189 Å². The van der Waals surface area contributed by atoms with Gasteiger partial charge in [-0.05, 0) is 13.0 Å². The number of aromatic nitrogens is 4. The summed E-state index contributed by atoms with van der Waals surface area (Å²) >= 11 is 6.60. The number of hydrogen-bond acceptors (Lipinski definition) is 9. The van der Waals surface area contributed by atoms with Crippen LogP contribution in [0.3, 0.4) is 0 Å². The number of halogens is 4. The van der Waals surface area contributed by atoms with Gasteiger partial charge < -0.3 is 21.1 Å². The van der Waals surface area contributed by atoms with Gasteiger partial charge in [0.25, 0.3) is 5.91 Å². The molecular weight excluding hydrogens is 471 g/mol. The fourth-order valence-corrected chi connectivity index (χ4v) is 3.49. The monoisotopic (exact) mass is 487 g/mol. The first kappa shape index (κ1) is 23.6. The normalized spacial score (nSPS) is 12.3. The zero-order valence-electron chi connectivity index (χ0n) is 16.4. The molecule has 0 bridgehead atoms. The number of thiazole rings is 1. The van der Waals surface area contributed by atoms with Crippen molar-refractivity contribution in [2.45, 2.75) is 25.9 Å². The number of aliphatic hydroxyl groups is 1. The van der Waals surface area contributed by atoms with Crippen molar-refractivity contribution in [3.8, 4) is 0 Å². The number of nitrogens with zero attached hydrogens (tertiary/aromatic N) is 4. The van der Waals surface area contributed by atoms with Crippen LogP contribution in [0.2, 0.25) is 5.02 Å². The first-order chi connectivity index (χ1) is 15.2. The third-order valence-corrected chi connectivity index (χ3v) is 5.30. The van der Waals surface area contributed by atoms with Gasteiger partial charge in [-0.3, -0.25) is 4.79 Å². The molecule has 3 rings (SSSR count). The Bertz CT molecular complexity index is 1100. The molecule has 1 amide bonds. The number of rotatable bonds is 8. The Morgan fingerprint density at radius 2 is 1.97 bits per heavy atom. The number of aliphatic hydroxyl groups excluding tert-OH is 1. The summed E-state index contributed by atoms with van der Waals surface area (Å²) in [6.45, 7) is 2.59. The third kappa shape index (κ3) is 6.02. The van der Waals surface area contributed by atoms with Crippen molar-refractivity contribution in [3.05, 3.63) is 57.0 Å². The first-order valence-electron chi connectivity index (χ1n) is 9.13. The van der Waals surface area contributed by atoms with Gasteiger partial charge in [-0.15, -0.1) is 11.3 Å². The van der Waals surface area contributed by atoms with Crippen LogP contribution in [0.4, 0.5) is 24.8 Å². The molecular formula is C18H17ClF3N7O2S. The van der Waals surface area contributed by atoms with E-state index in [-0.39, 0.29) is 18.1 Å². The highest BCUT2D eigenvalue weighted by molar-refractivity contribution is 7.11. The molecule has 3 aromatic heterocycles. The number of hydrogen-bond donors (Lipinski definition) is 4. The number of nitrogens with one attached hydrogen (secondary N) is 3. The molecule has 0 spiro atoms. The number of anilines is 2. The van der Waals surface area contributed by atoms with Crippen molar-refractivity contribution in [1.29, 1.82) is 0 Å². The van der Waals surface area contributed by atoms with E-state index in [4.69, 9.17) is 11.6 Å². The molecule has 14 heteroatoms. The average molecular weight is 488 g/mol. The Morgan fingerprint density at radius 1 is 1.19 bits per heavy atom. The molecule has 0 aliphatic rings. The minimum absolute atomic E-state index is 0.0637. The number of pyridine rings is 1. The quantitative estimate of drug-likeness (QED) is 0.356. The van der Waals surface area contributed by atoms with Crippen LogP contribution in [-0.2, 0) is 12.7 Å². The predicted molar refractivity (Wildman–Crippen MR) is 112 cm³/mol. The van der Waals surface area contributed by atoms with Crippen molar-refractivity contribution < 1.29 is 23.1 Å². The lowest BCUT2D eigenvalue weighted by Gasteiger charge is -2.14. The number of amides is 1. The fraction of sp³-hybridized carbons (Fsp3) is 0.278. The van der Waals surface area contributed by atoms with Gasteiger partial charge in [0, 0.05) is 25.0 Å². The zero-order chi connectivity index (χ0) is 23.3. The second-order valence-electron chi connectivity index (χ2n) is 6.25. The van der Waals surface area contributed by atoms with Gasteiger partial charge in [0.15, 0.2) is 6.23 Å². The average Bonchev–Trinajstić information content (AvgIpc) is 3.22. The maximum absolute atomic E-state index is 13.0. The van der Waals surface area contributed by atoms with Gasteiger partial charge in [-0.1, -0.05) is 11.6 Å². The Balaban J connectivity index is 1.61. The Hall–Kier alpha value is -3.03. The highest BCUT2D eigenvalue weighted by atomic mass is 35.5. The highest BCUT2D eigenvalue weighted by Crippen LogP contribution is 2.35.